The second-order valence-corrected chi connectivity index (χ2v) is 3.67. The molecule has 0 amide bonds. The van der Waals surface area contributed by atoms with Gasteiger partial charge in [0.25, 0.3) is 0 Å². The van der Waals surface area contributed by atoms with Crippen LogP contribution in [0.4, 0.5) is 5.69 Å². The summed E-state index contributed by atoms with van der Waals surface area (Å²) in [5, 5.41) is 0. The van der Waals surface area contributed by atoms with Gasteiger partial charge in [-0.05, 0) is 17.7 Å². The number of hydrogen-bond acceptors (Lipinski definition) is 1. The second-order valence-electron chi connectivity index (χ2n) is 3.67. The molecule has 0 aliphatic carbocycles. The number of fused-ring (bicyclic) bond motifs is 1. The lowest BCUT2D eigenvalue weighted by Crippen LogP contribution is -2.25. The Balaban J connectivity index is 2.60. The minimum absolute atomic E-state index is 0.855. The van der Waals surface area contributed by atoms with Crippen LogP contribution in [0, 0.1) is 0 Å². The van der Waals surface area contributed by atoms with Crippen LogP contribution < -0.4 is 5.73 Å². The highest BCUT2D eigenvalue weighted by atomic mass is 15.0. The van der Waals surface area contributed by atoms with Crippen molar-refractivity contribution in [2.45, 2.75) is 13.3 Å². The normalized spacial score (nSPS) is 15.8. The maximum Gasteiger partial charge on any atom is 0.180 e. The summed E-state index contributed by atoms with van der Waals surface area (Å²) in [4.78, 5) is 0. The minimum Gasteiger partial charge on any atom is -0.399 e. The Morgan fingerprint density at radius 1 is 1.38 bits per heavy atom. The molecule has 2 nitrogen and oxygen atoms in total. The molecule has 1 aliphatic heterocycles. The van der Waals surface area contributed by atoms with Crippen molar-refractivity contribution >= 4 is 11.4 Å². The number of benzene rings is 1. The third-order valence-corrected chi connectivity index (χ3v) is 2.81. The van der Waals surface area contributed by atoms with Crippen molar-refractivity contribution < 1.29 is 4.58 Å². The van der Waals surface area contributed by atoms with E-state index in [0.29, 0.717) is 0 Å². The van der Waals surface area contributed by atoms with Crippen LogP contribution in [0.2, 0.25) is 0 Å². The summed E-state index contributed by atoms with van der Waals surface area (Å²) in [5.41, 5.74) is 10.7. The van der Waals surface area contributed by atoms with Crippen molar-refractivity contribution in [3.8, 4) is 0 Å². The van der Waals surface area contributed by atoms with Crippen LogP contribution in [0.15, 0.2) is 18.2 Å². The van der Waals surface area contributed by atoms with Gasteiger partial charge in [-0.2, -0.15) is 0 Å². The van der Waals surface area contributed by atoms with Crippen LogP contribution in [0.3, 0.4) is 0 Å². The van der Waals surface area contributed by atoms with E-state index in [2.05, 4.69) is 30.7 Å². The van der Waals surface area contributed by atoms with Gasteiger partial charge in [0.15, 0.2) is 5.71 Å². The van der Waals surface area contributed by atoms with Gasteiger partial charge >= 0.3 is 0 Å². The van der Waals surface area contributed by atoms with Crippen molar-refractivity contribution in [3.63, 3.8) is 0 Å². The molecule has 1 heterocycles. The molecule has 0 radical (unpaired) electrons. The first kappa shape index (κ1) is 8.30. The zero-order valence-corrected chi connectivity index (χ0v) is 8.17. The molecule has 0 fully saturated rings. The Morgan fingerprint density at radius 2 is 2.15 bits per heavy atom. The maximum absolute atomic E-state index is 5.76. The summed E-state index contributed by atoms with van der Waals surface area (Å²) >= 11 is 0. The van der Waals surface area contributed by atoms with Crippen LogP contribution in [-0.2, 0) is 6.42 Å². The Labute approximate surface area is 78.7 Å². The summed E-state index contributed by atoms with van der Waals surface area (Å²) in [6.45, 7) is 3.26. The molecule has 0 saturated heterocycles. The predicted molar refractivity (Wildman–Crippen MR) is 55.4 cm³/mol. The number of nitrogens with zero attached hydrogens (tertiary/aromatic N) is 1. The summed E-state index contributed by atoms with van der Waals surface area (Å²) in [7, 11) is 2.13. The van der Waals surface area contributed by atoms with Crippen molar-refractivity contribution in [1.29, 1.82) is 0 Å². The third-order valence-electron chi connectivity index (χ3n) is 2.81. The molecular weight excluding hydrogens is 160 g/mol. The lowest BCUT2D eigenvalue weighted by Gasteiger charge is -2.14. The molecule has 1 aromatic carbocycles. The van der Waals surface area contributed by atoms with Gasteiger partial charge in [0.05, 0.1) is 0 Å². The first-order valence-corrected chi connectivity index (χ1v) is 4.62. The molecule has 2 rings (SSSR count). The number of likely N-dealkylation sites (N-methyl/N-ethyl adjacent to an activating group) is 1. The molecule has 2 heteroatoms. The SMILES string of the molecule is CC1=[N+](C)CCc2ccc(N)cc21. The standard InChI is InChI=1S/C11H15N2/c1-8-11-7-10(12)4-3-9(11)5-6-13(8)2/h3-4,7H,5-6,12H2,1-2H3/q+1. The molecule has 1 aromatic rings. The van der Waals surface area contributed by atoms with Gasteiger partial charge in [-0.15, -0.1) is 0 Å². The average molecular weight is 175 g/mol. The molecule has 0 saturated carbocycles. The van der Waals surface area contributed by atoms with E-state index in [0.717, 1.165) is 18.7 Å². The van der Waals surface area contributed by atoms with Gasteiger partial charge in [-0.3, -0.25) is 0 Å². The molecule has 0 aromatic heterocycles. The van der Waals surface area contributed by atoms with E-state index in [1.807, 2.05) is 6.07 Å². The van der Waals surface area contributed by atoms with E-state index in [1.165, 1.54) is 16.8 Å². The Kier molecular flexibility index (Phi) is 1.83. The number of nitrogens with two attached hydrogens (primary N) is 1. The zero-order chi connectivity index (χ0) is 9.42. The first-order chi connectivity index (χ1) is 6.18. The molecule has 0 spiro atoms. The quantitative estimate of drug-likeness (QED) is 0.467. The van der Waals surface area contributed by atoms with Gasteiger partial charge in [-0.25, -0.2) is 4.58 Å². The van der Waals surface area contributed by atoms with Crippen molar-refractivity contribution in [1.82, 2.24) is 0 Å². The summed E-state index contributed by atoms with van der Waals surface area (Å²) in [6, 6.07) is 6.19. The third kappa shape index (κ3) is 1.32. The van der Waals surface area contributed by atoms with E-state index >= 15 is 0 Å². The van der Waals surface area contributed by atoms with E-state index in [1.54, 1.807) is 0 Å². The number of nitrogen functional groups attached to an aromatic ring is 1. The highest BCUT2D eigenvalue weighted by molar-refractivity contribution is 5.97. The number of hydrogen-bond donors (Lipinski definition) is 1. The maximum atomic E-state index is 5.76. The van der Waals surface area contributed by atoms with E-state index in [4.69, 9.17) is 5.73 Å². The Morgan fingerprint density at radius 3 is 2.92 bits per heavy atom. The second kappa shape index (κ2) is 2.87. The largest absolute Gasteiger partial charge is 0.399 e. The average Bonchev–Trinajstić information content (AvgIpc) is 2.12. The van der Waals surface area contributed by atoms with Crippen LogP contribution in [0.5, 0.6) is 0 Å². The highest BCUT2D eigenvalue weighted by Crippen LogP contribution is 2.18. The summed E-state index contributed by atoms with van der Waals surface area (Å²) < 4.78 is 2.28. The lowest BCUT2D eigenvalue weighted by atomic mass is 9.97. The van der Waals surface area contributed by atoms with Crippen molar-refractivity contribution in [2.75, 3.05) is 19.3 Å². The molecule has 0 unspecified atom stereocenters. The summed E-state index contributed by atoms with van der Waals surface area (Å²) in [6.07, 6.45) is 1.13. The van der Waals surface area contributed by atoms with E-state index in [-0.39, 0.29) is 0 Å². The van der Waals surface area contributed by atoms with Crippen LogP contribution in [-0.4, -0.2) is 23.9 Å². The van der Waals surface area contributed by atoms with E-state index < -0.39 is 0 Å². The monoisotopic (exact) mass is 175 g/mol. The first-order valence-electron chi connectivity index (χ1n) is 4.62. The molecule has 68 valence electrons. The fourth-order valence-corrected chi connectivity index (χ4v) is 1.81. The molecule has 2 N–H and O–H groups in total. The minimum atomic E-state index is 0.855. The molecular formula is C11H15N2+. The molecule has 1 aliphatic rings. The molecule has 0 bridgehead atoms. The molecule has 13 heavy (non-hydrogen) atoms. The Hall–Kier alpha value is -1.31. The molecule has 0 atom stereocenters. The van der Waals surface area contributed by atoms with Crippen LogP contribution >= 0.6 is 0 Å². The van der Waals surface area contributed by atoms with Crippen molar-refractivity contribution in [3.05, 3.63) is 29.3 Å². The highest BCUT2D eigenvalue weighted by Gasteiger charge is 2.18. The number of rotatable bonds is 0. The van der Waals surface area contributed by atoms with Gasteiger partial charge in [-0.1, -0.05) is 6.07 Å². The lowest BCUT2D eigenvalue weighted by molar-refractivity contribution is -0.498. The van der Waals surface area contributed by atoms with Gasteiger partial charge in [0, 0.05) is 24.6 Å². The van der Waals surface area contributed by atoms with Crippen molar-refractivity contribution in [2.24, 2.45) is 0 Å². The Bertz CT molecular complexity index is 378. The predicted octanol–water partition coefficient (Wildman–Crippen LogP) is 1.28. The van der Waals surface area contributed by atoms with Crippen LogP contribution in [0.1, 0.15) is 18.1 Å². The van der Waals surface area contributed by atoms with Crippen LogP contribution in [0.25, 0.3) is 0 Å². The summed E-state index contributed by atoms with van der Waals surface area (Å²) in [5.74, 6) is 0. The number of anilines is 1. The van der Waals surface area contributed by atoms with Gasteiger partial charge in [0.1, 0.15) is 13.6 Å². The van der Waals surface area contributed by atoms with E-state index in [9.17, 15) is 0 Å². The fourth-order valence-electron chi connectivity index (χ4n) is 1.81. The fraction of sp³-hybridized carbons (Fsp3) is 0.364. The van der Waals surface area contributed by atoms with Gasteiger partial charge < -0.3 is 5.73 Å². The zero-order valence-electron chi connectivity index (χ0n) is 8.17. The smallest absolute Gasteiger partial charge is 0.180 e. The van der Waals surface area contributed by atoms with Gasteiger partial charge in [0.2, 0.25) is 0 Å². The topological polar surface area (TPSA) is 29.0 Å².